The van der Waals surface area contributed by atoms with Crippen molar-refractivity contribution in [3.05, 3.63) is 56.6 Å². The highest BCUT2D eigenvalue weighted by atomic mass is 35.5. The summed E-state index contributed by atoms with van der Waals surface area (Å²) in [5.41, 5.74) is 0.717. The molecule has 0 saturated carbocycles. The zero-order chi connectivity index (χ0) is 17.9. The van der Waals surface area contributed by atoms with Gasteiger partial charge in [0, 0.05) is 22.8 Å². The second kappa shape index (κ2) is 7.18. The summed E-state index contributed by atoms with van der Waals surface area (Å²) in [6, 6.07) is 7.09. The molecular formula is C16H15ClN2O5. The van der Waals surface area contributed by atoms with Gasteiger partial charge in [0.05, 0.1) is 19.1 Å². The molecule has 1 amide bonds. The number of nitrogens with zero attached hydrogens (tertiary/aromatic N) is 1. The Kier molecular flexibility index (Phi) is 5.25. The molecule has 0 spiro atoms. The number of anilines is 1. The van der Waals surface area contributed by atoms with Crippen LogP contribution in [0.1, 0.15) is 15.9 Å². The third-order valence-electron chi connectivity index (χ3n) is 3.38. The predicted octanol–water partition coefficient (Wildman–Crippen LogP) is 3.83. The normalized spacial score (nSPS) is 10.2. The minimum atomic E-state index is -0.639. The van der Waals surface area contributed by atoms with E-state index >= 15 is 0 Å². The molecule has 8 heteroatoms. The summed E-state index contributed by atoms with van der Waals surface area (Å²) in [6.45, 7) is 1.77. The van der Waals surface area contributed by atoms with Crippen molar-refractivity contribution < 1.29 is 19.2 Å². The van der Waals surface area contributed by atoms with Crippen LogP contribution in [0.15, 0.2) is 30.3 Å². The summed E-state index contributed by atoms with van der Waals surface area (Å²) in [7, 11) is 2.98. The van der Waals surface area contributed by atoms with Gasteiger partial charge in [-0.25, -0.2) is 0 Å². The SMILES string of the molecule is COc1cc(C)c(NC(=O)c2cc(Cl)ccc2[N+](=O)[O-])cc1OC. The van der Waals surface area contributed by atoms with Gasteiger partial charge in [-0.2, -0.15) is 0 Å². The van der Waals surface area contributed by atoms with Crippen LogP contribution in [-0.2, 0) is 0 Å². The largest absolute Gasteiger partial charge is 0.493 e. The molecule has 24 heavy (non-hydrogen) atoms. The molecule has 0 radical (unpaired) electrons. The molecule has 126 valence electrons. The fourth-order valence-electron chi connectivity index (χ4n) is 2.15. The molecule has 0 aromatic heterocycles. The van der Waals surface area contributed by atoms with E-state index in [2.05, 4.69) is 5.32 Å². The average molecular weight is 351 g/mol. The Morgan fingerprint density at radius 1 is 1.17 bits per heavy atom. The summed E-state index contributed by atoms with van der Waals surface area (Å²) in [5, 5.41) is 14.0. The molecule has 7 nitrogen and oxygen atoms in total. The second-order valence-corrected chi connectivity index (χ2v) is 5.33. The second-order valence-electron chi connectivity index (χ2n) is 4.89. The Balaban J connectivity index is 2.40. The van der Waals surface area contributed by atoms with Crippen LogP contribution < -0.4 is 14.8 Å². The number of carbonyl (C=O) groups excluding carboxylic acids is 1. The number of nitro groups is 1. The molecule has 0 heterocycles. The van der Waals surface area contributed by atoms with E-state index in [0.29, 0.717) is 22.7 Å². The standard InChI is InChI=1S/C16H15ClN2O5/c1-9-6-14(23-2)15(24-3)8-12(9)18-16(20)11-7-10(17)4-5-13(11)19(21)22/h4-8H,1-3H3,(H,18,20). The number of nitrogens with one attached hydrogen (secondary N) is 1. The number of nitro benzene ring substituents is 1. The van der Waals surface area contributed by atoms with Gasteiger partial charge in [0.1, 0.15) is 5.56 Å². The maximum absolute atomic E-state index is 12.5. The van der Waals surface area contributed by atoms with Crippen LogP contribution in [0.2, 0.25) is 5.02 Å². The van der Waals surface area contributed by atoms with Gasteiger partial charge in [-0.05, 0) is 30.7 Å². The highest BCUT2D eigenvalue weighted by Gasteiger charge is 2.21. The highest BCUT2D eigenvalue weighted by Crippen LogP contribution is 2.33. The molecule has 0 fully saturated rings. The lowest BCUT2D eigenvalue weighted by molar-refractivity contribution is -0.385. The maximum atomic E-state index is 12.5. The highest BCUT2D eigenvalue weighted by molar-refractivity contribution is 6.31. The number of halogens is 1. The number of methoxy groups -OCH3 is 2. The predicted molar refractivity (Wildman–Crippen MR) is 90.3 cm³/mol. The van der Waals surface area contributed by atoms with E-state index in [4.69, 9.17) is 21.1 Å². The quantitative estimate of drug-likeness (QED) is 0.653. The van der Waals surface area contributed by atoms with E-state index in [-0.39, 0.29) is 16.3 Å². The molecule has 2 aromatic rings. The first kappa shape index (κ1) is 17.6. The lowest BCUT2D eigenvalue weighted by atomic mass is 10.1. The lowest BCUT2D eigenvalue weighted by Crippen LogP contribution is -2.15. The number of benzene rings is 2. The minimum absolute atomic E-state index is 0.123. The Bertz CT molecular complexity index is 807. The van der Waals surface area contributed by atoms with Crippen molar-refractivity contribution in [2.24, 2.45) is 0 Å². The van der Waals surface area contributed by atoms with E-state index in [1.54, 1.807) is 19.1 Å². The molecular weight excluding hydrogens is 336 g/mol. The lowest BCUT2D eigenvalue weighted by Gasteiger charge is -2.13. The number of hydrogen-bond donors (Lipinski definition) is 1. The number of ether oxygens (including phenoxy) is 2. The van der Waals surface area contributed by atoms with Gasteiger partial charge >= 0.3 is 0 Å². The van der Waals surface area contributed by atoms with Crippen molar-refractivity contribution >= 4 is 28.9 Å². The van der Waals surface area contributed by atoms with E-state index in [0.717, 1.165) is 0 Å². The molecule has 1 N–H and O–H groups in total. The summed E-state index contributed by atoms with van der Waals surface area (Å²) in [4.78, 5) is 22.9. The molecule has 0 unspecified atom stereocenters. The van der Waals surface area contributed by atoms with Gasteiger partial charge in [-0.1, -0.05) is 11.6 Å². The van der Waals surface area contributed by atoms with Crippen LogP contribution in [0.5, 0.6) is 11.5 Å². The Morgan fingerprint density at radius 3 is 2.38 bits per heavy atom. The monoisotopic (exact) mass is 350 g/mol. The zero-order valence-electron chi connectivity index (χ0n) is 13.3. The van der Waals surface area contributed by atoms with E-state index in [9.17, 15) is 14.9 Å². The molecule has 0 saturated heterocycles. The van der Waals surface area contributed by atoms with E-state index in [1.165, 1.54) is 32.4 Å². The van der Waals surface area contributed by atoms with Gasteiger partial charge < -0.3 is 14.8 Å². The number of amides is 1. The van der Waals surface area contributed by atoms with Crippen LogP contribution in [0.4, 0.5) is 11.4 Å². The Morgan fingerprint density at radius 2 is 1.79 bits per heavy atom. The first-order valence-corrected chi connectivity index (χ1v) is 7.23. The molecule has 0 bridgehead atoms. The van der Waals surface area contributed by atoms with Gasteiger partial charge in [0.25, 0.3) is 11.6 Å². The first-order valence-electron chi connectivity index (χ1n) is 6.85. The van der Waals surface area contributed by atoms with Gasteiger partial charge in [-0.3, -0.25) is 14.9 Å². The number of hydrogen-bond acceptors (Lipinski definition) is 5. The van der Waals surface area contributed by atoms with Crippen LogP contribution in [0.3, 0.4) is 0 Å². The van der Waals surface area contributed by atoms with Crippen molar-refractivity contribution in [3.63, 3.8) is 0 Å². The fraction of sp³-hybridized carbons (Fsp3) is 0.188. The molecule has 2 rings (SSSR count). The van der Waals surface area contributed by atoms with Gasteiger partial charge in [0.15, 0.2) is 11.5 Å². The average Bonchev–Trinajstić information content (AvgIpc) is 2.55. The van der Waals surface area contributed by atoms with Crippen LogP contribution in [0, 0.1) is 17.0 Å². The van der Waals surface area contributed by atoms with Crippen LogP contribution >= 0.6 is 11.6 Å². The molecule has 0 aliphatic heterocycles. The first-order chi connectivity index (χ1) is 11.4. The van der Waals surface area contributed by atoms with Gasteiger partial charge in [0.2, 0.25) is 0 Å². The molecule has 0 aliphatic carbocycles. The number of rotatable bonds is 5. The summed E-state index contributed by atoms with van der Waals surface area (Å²) in [6.07, 6.45) is 0. The Labute approximate surface area is 143 Å². The molecule has 2 aromatic carbocycles. The van der Waals surface area contributed by atoms with Crippen LogP contribution in [-0.4, -0.2) is 25.1 Å². The van der Waals surface area contributed by atoms with Crippen LogP contribution in [0.25, 0.3) is 0 Å². The van der Waals surface area contributed by atoms with Crippen molar-refractivity contribution in [2.45, 2.75) is 6.92 Å². The smallest absolute Gasteiger partial charge is 0.282 e. The maximum Gasteiger partial charge on any atom is 0.282 e. The zero-order valence-corrected chi connectivity index (χ0v) is 14.0. The minimum Gasteiger partial charge on any atom is -0.493 e. The topological polar surface area (TPSA) is 90.7 Å². The van der Waals surface area contributed by atoms with E-state index < -0.39 is 10.8 Å². The third-order valence-corrected chi connectivity index (χ3v) is 3.61. The number of aryl methyl sites for hydroxylation is 1. The Hall–Kier alpha value is -2.80. The third kappa shape index (κ3) is 3.57. The summed E-state index contributed by atoms with van der Waals surface area (Å²) >= 11 is 5.85. The number of carbonyl (C=O) groups is 1. The summed E-state index contributed by atoms with van der Waals surface area (Å²) in [5.74, 6) is 0.306. The molecule has 0 aliphatic rings. The van der Waals surface area contributed by atoms with Crippen molar-refractivity contribution in [2.75, 3.05) is 19.5 Å². The van der Waals surface area contributed by atoms with Gasteiger partial charge in [-0.15, -0.1) is 0 Å². The van der Waals surface area contributed by atoms with Crippen molar-refractivity contribution in [3.8, 4) is 11.5 Å². The fourth-order valence-corrected chi connectivity index (χ4v) is 2.33. The summed E-state index contributed by atoms with van der Waals surface area (Å²) < 4.78 is 10.4. The molecule has 0 atom stereocenters. The van der Waals surface area contributed by atoms with Crippen molar-refractivity contribution in [1.82, 2.24) is 0 Å². The van der Waals surface area contributed by atoms with Crippen molar-refractivity contribution in [1.29, 1.82) is 0 Å². The van der Waals surface area contributed by atoms with E-state index in [1.807, 2.05) is 0 Å².